The molecular formula is C23H34N4O4. The van der Waals surface area contributed by atoms with E-state index < -0.39 is 11.5 Å². The quantitative estimate of drug-likeness (QED) is 0.584. The van der Waals surface area contributed by atoms with E-state index in [0.29, 0.717) is 38.0 Å². The summed E-state index contributed by atoms with van der Waals surface area (Å²) in [6, 6.07) is 5.10. The molecule has 2 saturated heterocycles. The van der Waals surface area contributed by atoms with Gasteiger partial charge in [-0.15, -0.1) is 0 Å². The van der Waals surface area contributed by atoms with E-state index in [1.807, 2.05) is 13.0 Å². The van der Waals surface area contributed by atoms with Gasteiger partial charge in [-0.05, 0) is 63.4 Å². The molecule has 2 aliphatic heterocycles. The van der Waals surface area contributed by atoms with Gasteiger partial charge < -0.3 is 21.1 Å². The van der Waals surface area contributed by atoms with Gasteiger partial charge in [-0.2, -0.15) is 0 Å². The second kappa shape index (κ2) is 10.1. The molecule has 4 N–H and O–H groups in total. The van der Waals surface area contributed by atoms with Crippen LogP contribution in [0.25, 0.3) is 0 Å². The lowest BCUT2D eigenvalue weighted by Gasteiger charge is -2.48. The Labute approximate surface area is 183 Å². The van der Waals surface area contributed by atoms with Gasteiger partial charge in [0, 0.05) is 25.2 Å². The number of anilines is 2. The lowest BCUT2D eigenvalue weighted by molar-refractivity contribution is -0.132. The molecule has 2 amide bonds. The number of likely N-dealkylation sites (tertiary alicyclic amines) is 1. The van der Waals surface area contributed by atoms with E-state index in [1.165, 1.54) is 6.42 Å². The Morgan fingerprint density at radius 2 is 1.77 bits per heavy atom. The standard InChI is InChI=1S/C23H34N4O4/c1-2-3-7-20(28)25-19-9-8-17(16-18(19)21(29)30)26-14-10-23(11-15-26,22(24)31)27-12-5-4-6-13-27/h8-9,16H,2-7,10-15H2,1H3,(H2,24,31)(H,25,28)(H,29,30). The summed E-state index contributed by atoms with van der Waals surface area (Å²) in [4.78, 5) is 40.7. The van der Waals surface area contributed by atoms with E-state index >= 15 is 0 Å². The normalized spacial score (nSPS) is 19.1. The molecule has 0 bridgehead atoms. The lowest BCUT2D eigenvalue weighted by Crippen LogP contribution is -2.63. The third kappa shape index (κ3) is 5.18. The predicted molar refractivity (Wildman–Crippen MR) is 120 cm³/mol. The Morgan fingerprint density at radius 1 is 1.10 bits per heavy atom. The number of rotatable bonds is 8. The summed E-state index contributed by atoms with van der Waals surface area (Å²) < 4.78 is 0. The molecule has 1 aromatic rings. The molecule has 3 rings (SSSR count). The molecule has 0 atom stereocenters. The third-order valence-electron chi connectivity index (χ3n) is 6.64. The first-order valence-corrected chi connectivity index (χ1v) is 11.3. The topological polar surface area (TPSA) is 116 Å². The summed E-state index contributed by atoms with van der Waals surface area (Å²) in [5.74, 6) is -1.52. The molecule has 2 fully saturated rings. The van der Waals surface area contributed by atoms with Crippen LogP contribution in [0, 0.1) is 0 Å². The Morgan fingerprint density at radius 3 is 2.35 bits per heavy atom. The van der Waals surface area contributed by atoms with Gasteiger partial charge in [0.1, 0.15) is 5.54 Å². The van der Waals surface area contributed by atoms with E-state index in [1.54, 1.807) is 12.1 Å². The lowest BCUT2D eigenvalue weighted by atomic mass is 9.83. The molecule has 0 spiro atoms. The molecule has 170 valence electrons. The van der Waals surface area contributed by atoms with Crippen molar-refractivity contribution in [1.29, 1.82) is 0 Å². The van der Waals surface area contributed by atoms with Gasteiger partial charge in [0.15, 0.2) is 0 Å². The average Bonchev–Trinajstić information content (AvgIpc) is 2.78. The SMILES string of the molecule is CCCCC(=O)Nc1ccc(N2CCC(C(N)=O)(N3CCCCC3)CC2)cc1C(=O)O. The molecule has 31 heavy (non-hydrogen) atoms. The van der Waals surface area contributed by atoms with Gasteiger partial charge in [-0.1, -0.05) is 19.8 Å². The number of primary amides is 1. The monoisotopic (exact) mass is 430 g/mol. The summed E-state index contributed by atoms with van der Waals surface area (Å²) in [5, 5.41) is 12.4. The van der Waals surface area contributed by atoms with Gasteiger partial charge in [-0.3, -0.25) is 14.5 Å². The van der Waals surface area contributed by atoms with Crippen molar-refractivity contribution in [3.05, 3.63) is 23.8 Å². The number of piperidine rings is 2. The number of carbonyl (C=O) groups excluding carboxylic acids is 2. The number of hydrogen-bond acceptors (Lipinski definition) is 5. The number of nitrogens with zero attached hydrogens (tertiary/aromatic N) is 2. The van der Waals surface area contributed by atoms with E-state index in [2.05, 4.69) is 15.1 Å². The van der Waals surface area contributed by atoms with E-state index in [-0.39, 0.29) is 17.4 Å². The number of nitrogens with two attached hydrogens (primary N) is 1. The van der Waals surface area contributed by atoms with Crippen molar-refractivity contribution >= 4 is 29.2 Å². The van der Waals surface area contributed by atoms with Crippen LogP contribution < -0.4 is 16.0 Å². The molecule has 0 saturated carbocycles. The number of carbonyl (C=O) groups is 3. The maximum absolute atomic E-state index is 12.4. The zero-order chi connectivity index (χ0) is 22.4. The largest absolute Gasteiger partial charge is 0.478 e. The van der Waals surface area contributed by atoms with Gasteiger partial charge in [0.25, 0.3) is 0 Å². The zero-order valence-corrected chi connectivity index (χ0v) is 18.4. The molecule has 8 heteroatoms. The molecule has 0 unspecified atom stereocenters. The smallest absolute Gasteiger partial charge is 0.337 e. The fourth-order valence-corrected chi connectivity index (χ4v) is 4.74. The summed E-state index contributed by atoms with van der Waals surface area (Å²) in [7, 11) is 0. The van der Waals surface area contributed by atoms with E-state index in [4.69, 9.17) is 5.73 Å². The maximum atomic E-state index is 12.4. The van der Waals surface area contributed by atoms with Gasteiger partial charge in [0.2, 0.25) is 11.8 Å². The van der Waals surface area contributed by atoms with Gasteiger partial charge >= 0.3 is 5.97 Å². The van der Waals surface area contributed by atoms with Crippen molar-refractivity contribution in [3.63, 3.8) is 0 Å². The Kier molecular flexibility index (Phi) is 7.54. The number of nitrogens with one attached hydrogen (secondary N) is 1. The molecule has 2 aliphatic rings. The summed E-state index contributed by atoms with van der Waals surface area (Å²) in [6.45, 7) is 5.06. The van der Waals surface area contributed by atoms with Crippen molar-refractivity contribution in [2.24, 2.45) is 5.73 Å². The van der Waals surface area contributed by atoms with Crippen molar-refractivity contribution in [1.82, 2.24) is 4.90 Å². The van der Waals surface area contributed by atoms with Crippen molar-refractivity contribution in [2.75, 3.05) is 36.4 Å². The number of carboxylic acid groups (broad SMARTS) is 1. The number of carboxylic acids is 1. The van der Waals surface area contributed by atoms with Crippen LogP contribution in [0.1, 0.15) is 68.6 Å². The highest BCUT2D eigenvalue weighted by atomic mass is 16.4. The zero-order valence-electron chi connectivity index (χ0n) is 18.4. The van der Waals surface area contributed by atoms with E-state index in [9.17, 15) is 19.5 Å². The Balaban J connectivity index is 1.73. The van der Waals surface area contributed by atoms with Gasteiger partial charge in [-0.25, -0.2) is 4.79 Å². The summed E-state index contributed by atoms with van der Waals surface area (Å²) in [5.41, 5.74) is 6.42. The number of amides is 2. The number of unbranched alkanes of at least 4 members (excludes halogenated alkanes) is 1. The van der Waals surface area contributed by atoms with Crippen LogP contribution in [0.5, 0.6) is 0 Å². The fraction of sp³-hybridized carbons (Fsp3) is 0.609. The van der Waals surface area contributed by atoms with E-state index in [0.717, 1.165) is 44.5 Å². The summed E-state index contributed by atoms with van der Waals surface area (Å²) >= 11 is 0. The van der Waals surface area contributed by atoms with Crippen molar-refractivity contribution < 1.29 is 19.5 Å². The predicted octanol–water partition coefficient (Wildman–Crippen LogP) is 2.82. The molecule has 8 nitrogen and oxygen atoms in total. The second-order valence-electron chi connectivity index (χ2n) is 8.62. The minimum absolute atomic E-state index is 0.0742. The Hall–Kier alpha value is -2.61. The number of benzene rings is 1. The highest BCUT2D eigenvalue weighted by Crippen LogP contribution is 2.34. The Bertz CT molecular complexity index is 812. The molecule has 0 aliphatic carbocycles. The average molecular weight is 431 g/mol. The maximum Gasteiger partial charge on any atom is 0.337 e. The van der Waals surface area contributed by atoms with Crippen LogP contribution in [0.15, 0.2) is 18.2 Å². The molecule has 1 aromatic carbocycles. The first-order valence-electron chi connectivity index (χ1n) is 11.3. The molecule has 2 heterocycles. The van der Waals surface area contributed by atoms with Gasteiger partial charge in [0.05, 0.1) is 11.3 Å². The van der Waals surface area contributed by atoms with Crippen LogP contribution in [0.4, 0.5) is 11.4 Å². The molecular weight excluding hydrogens is 396 g/mol. The van der Waals surface area contributed by atoms with Crippen LogP contribution >= 0.6 is 0 Å². The van der Waals surface area contributed by atoms with Crippen LogP contribution in [0.3, 0.4) is 0 Å². The molecule has 0 aromatic heterocycles. The van der Waals surface area contributed by atoms with Crippen LogP contribution in [0.2, 0.25) is 0 Å². The second-order valence-corrected chi connectivity index (χ2v) is 8.62. The number of hydrogen-bond donors (Lipinski definition) is 3. The molecule has 0 radical (unpaired) electrons. The third-order valence-corrected chi connectivity index (χ3v) is 6.64. The first-order chi connectivity index (χ1) is 14.9. The first kappa shape index (κ1) is 23.1. The fourth-order valence-electron chi connectivity index (χ4n) is 4.74. The highest BCUT2D eigenvalue weighted by molar-refractivity contribution is 6.01. The minimum Gasteiger partial charge on any atom is -0.478 e. The number of aromatic carboxylic acids is 1. The van der Waals surface area contributed by atoms with Crippen LogP contribution in [-0.4, -0.2) is 59.5 Å². The summed E-state index contributed by atoms with van der Waals surface area (Å²) in [6.07, 6.45) is 6.65. The van der Waals surface area contributed by atoms with Crippen LogP contribution in [-0.2, 0) is 9.59 Å². The van der Waals surface area contributed by atoms with Crippen molar-refractivity contribution in [3.8, 4) is 0 Å². The minimum atomic E-state index is -1.08. The van der Waals surface area contributed by atoms with Crippen molar-refractivity contribution in [2.45, 2.75) is 63.8 Å². The highest BCUT2D eigenvalue weighted by Gasteiger charge is 2.45.